The molecule has 6 heteroatoms. The molecule has 0 aromatic heterocycles. The monoisotopic (exact) mass is 243 g/mol. The first kappa shape index (κ1) is 12.7. The summed E-state index contributed by atoms with van der Waals surface area (Å²) < 4.78 is 0. The molecule has 0 spiro atoms. The first-order valence-corrected chi connectivity index (χ1v) is 5.25. The summed E-state index contributed by atoms with van der Waals surface area (Å²) in [4.78, 5) is 10.0. The van der Waals surface area contributed by atoms with Crippen molar-refractivity contribution in [2.45, 2.75) is 25.9 Å². The minimum atomic E-state index is -0.482. The van der Waals surface area contributed by atoms with E-state index in [2.05, 4.69) is 5.32 Å². The number of hydrogen-bond donors (Lipinski definition) is 2. The summed E-state index contributed by atoms with van der Waals surface area (Å²) in [6, 6.07) is 4.31. The van der Waals surface area contributed by atoms with Gasteiger partial charge in [-0.2, -0.15) is 0 Å². The van der Waals surface area contributed by atoms with Gasteiger partial charge >= 0.3 is 0 Å². The Labute approximate surface area is 98.7 Å². The van der Waals surface area contributed by atoms with Crippen LogP contribution in [0.3, 0.4) is 0 Å². The molecule has 0 aliphatic rings. The second kappa shape index (κ2) is 5.14. The van der Waals surface area contributed by atoms with E-state index in [1.54, 1.807) is 6.07 Å². The Bertz CT molecular complexity index is 396. The van der Waals surface area contributed by atoms with Gasteiger partial charge < -0.3 is 11.1 Å². The van der Waals surface area contributed by atoms with Gasteiger partial charge in [0, 0.05) is 24.2 Å². The average Bonchev–Trinajstić information content (AvgIpc) is 2.20. The predicted molar refractivity (Wildman–Crippen MR) is 64.8 cm³/mol. The van der Waals surface area contributed by atoms with E-state index in [0.717, 1.165) is 0 Å². The zero-order valence-corrected chi connectivity index (χ0v) is 9.86. The van der Waals surface area contributed by atoms with Gasteiger partial charge in [-0.3, -0.25) is 10.1 Å². The van der Waals surface area contributed by atoms with Gasteiger partial charge in [0.1, 0.15) is 0 Å². The van der Waals surface area contributed by atoms with Crippen molar-refractivity contribution in [3.05, 3.63) is 33.3 Å². The van der Waals surface area contributed by atoms with Crippen LogP contribution in [-0.2, 0) is 0 Å². The van der Waals surface area contributed by atoms with Gasteiger partial charge in [0.2, 0.25) is 0 Å². The maximum Gasteiger partial charge on any atom is 0.271 e. The van der Waals surface area contributed by atoms with Crippen molar-refractivity contribution < 1.29 is 4.92 Å². The van der Waals surface area contributed by atoms with Crippen LogP contribution in [0.15, 0.2) is 18.2 Å². The van der Waals surface area contributed by atoms with Gasteiger partial charge in [0.25, 0.3) is 5.69 Å². The van der Waals surface area contributed by atoms with Crippen LogP contribution in [0.5, 0.6) is 0 Å². The molecule has 0 aliphatic carbocycles. The van der Waals surface area contributed by atoms with Gasteiger partial charge in [0.05, 0.1) is 15.6 Å². The van der Waals surface area contributed by atoms with Crippen molar-refractivity contribution in [1.82, 2.24) is 0 Å². The minimum absolute atomic E-state index is 0.0241. The summed E-state index contributed by atoms with van der Waals surface area (Å²) in [5.41, 5.74) is 6.32. The topological polar surface area (TPSA) is 81.2 Å². The van der Waals surface area contributed by atoms with Crippen LogP contribution < -0.4 is 11.1 Å². The molecule has 0 fully saturated rings. The lowest BCUT2D eigenvalue weighted by Gasteiger charge is -2.19. The lowest BCUT2D eigenvalue weighted by Crippen LogP contribution is -2.35. The van der Waals surface area contributed by atoms with Crippen LogP contribution in [0.4, 0.5) is 11.4 Å². The molecule has 3 N–H and O–H groups in total. The highest BCUT2D eigenvalue weighted by Crippen LogP contribution is 2.27. The smallest absolute Gasteiger partial charge is 0.271 e. The van der Waals surface area contributed by atoms with Crippen molar-refractivity contribution in [1.29, 1.82) is 0 Å². The number of hydrogen-bond acceptors (Lipinski definition) is 4. The Balaban J connectivity index is 2.87. The highest BCUT2D eigenvalue weighted by molar-refractivity contribution is 6.33. The summed E-state index contributed by atoms with van der Waals surface area (Å²) in [5.74, 6) is 0. The molecule has 2 atom stereocenters. The number of nitrogens with one attached hydrogen (secondary N) is 1. The van der Waals surface area contributed by atoms with Crippen LogP contribution in [0.25, 0.3) is 0 Å². The molecule has 0 bridgehead atoms. The zero-order chi connectivity index (χ0) is 12.3. The van der Waals surface area contributed by atoms with E-state index in [1.165, 1.54) is 12.1 Å². The Morgan fingerprint density at radius 2 is 2.12 bits per heavy atom. The molecule has 0 saturated heterocycles. The van der Waals surface area contributed by atoms with Crippen molar-refractivity contribution in [2.75, 3.05) is 5.32 Å². The van der Waals surface area contributed by atoms with E-state index in [0.29, 0.717) is 10.7 Å². The third-order valence-corrected chi connectivity index (χ3v) is 2.65. The maximum absolute atomic E-state index is 10.5. The number of halogens is 1. The third kappa shape index (κ3) is 3.08. The Morgan fingerprint density at radius 3 is 2.56 bits per heavy atom. The van der Waals surface area contributed by atoms with E-state index in [-0.39, 0.29) is 17.8 Å². The predicted octanol–water partition coefficient (Wildman–Crippen LogP) is 2.40. The van der Waals surface area contributed by atoms with Crippen LogP contribution in [0.1, 0.15) is 13.8 Å². The minimum Gasteiger partial charge on any atom is -0.380 e. The lowest BCUT2D eigenvalue weighted by molar-refractivity contribution is -0.384. The van der Waals surface area contributed by atoms with Crippen molar-refractivity contribution in [2.24, 2.45) is 5.73 Å². The van der Waals surface area contributed by atoms with Gasteiger partial charge in [0.15, 0.2) is 0 Å². The second-order valence-electron chi connectivity index (χ2n) is 3.71. The van der Waals surface area contributed by atoms with E-state index >= 15 is 0 Å². The average molecular weight is 244 g/mol. The van der Waals surface area contributed by atoms with Gasteiger partial charge in [-0.25, -0.2) is 0 Å². The van der Waals surface area contributed by atoms with E-state index < -0.39 is 4.92 Å². The molecule has 1 aromatic rings. The number of nitro benzene ring substituents is 1. The molecule has 1 rings (SSSR count). The molecule has 0 aliphatic heterocycles. The number of non-ortho nitro benzene ring substituents is 1. The number of benzene rings is 1. The molecule has 88 valence electrons. The summed E-state index contributed by atoms with van der Waals surface area (Å²) in [7, 11) is 0. The molecule has 0 saturated carbocycles. The fourth-order valence-electron chi connectivity index (χ4n) is 1.11. The van der Waals surface area contributed by atoms with Gasteiger partial charge in [-0.1, -0.05) is 11.6 Å². The quantitative estimate of drug-likeness (QED) is 0.629. The first-order chi connectivity index (χ1) is 7.41. The fraction of sp³-hybridized carbons (Fsp3) is 0.400. The molecule has 1 aromatic carbocycles. The number of nitro groups is 1. The van der Waals surface area contributed by atoms with Crippen molar-refractivity contribution in [3.8, 4) is 0 Å². The Kier molecular flexibility index (Phi) is 4.09. The molecule has 2 unspecified atom stereocenters. The molecule has 0 radical (unpaired) electrons. The molecule has 0 heterocycles. The SMILES string of the molecule is CC(N)C(C)Nc1ccc([N+](=O)[O-])cc1Cl. The lowest BCUT2D eigenvalue weighted by atomic mass is 10.1. The van der Waals surface area contributed by atoms with Gasteiger partial charge in [-0.15, -0.1) is 0 Å². The van der Waals surface area contributed by atoms with Gasteiger partial charge in [-0.05, 0) is 19.9 Å². The van der Waals surface area contributed by atoms with E-state index in [4.69, 9.17) is 17.3 Å². The first-order valence-electron chi connectivity index (χ1n) is 4.88. The van der Waals surface area contributed by atoms with Crippen LogP contribution in [0, 0.1) is 10.1 Å². The standard InChI is InChI=1S/C10H14ClN3O2/c1-6(12)7(2)13-10-4-3-8(14(15)16)5-9(10)11/h3-7,13H,12H2,1-2H3. The largest absolute Gasteiger partial charge is 0.380 e. The number of rotatable bonds is 4. The second-order valence-corrected chi connectivity index (χ2v) is 4.12. The number of nitrogens with zero attached hydrogens (tertiary/aromatic N) is 1. The fourth-order valence-corrected chi connectivity index (χ4v) is 1.34. The highest BCUT2D eigenvalue weighted by Gasteiger charge is 2.12. The highest BCUT2D eigenvalue weighted by atomic mass is 35.5. The summed E-state index contributed by atoms with van der Waals surface area (Å²) >= 11 is 5.91. The Hall–Kier alpha value is -1.33. The van der Waals surface area contributed by atoms with Crippen LogP contribution in [0.2, 0.25) is 5.02 Å². The normalized spacial score (nSPS) is 14.2. The Morgan fingerprint density at radius 1 is 1.50 bits per heavy atom. The molecule has 0 amide bonds. The van der Waals surface area contributed by atoms with E-state index in [9.17, 15) is 10.1 Å². The summed E-state index contributed by atoms with van der Waals surface area (Å²) in [6.07, 6.45) is 0. The maximum atomic E-state index is 10.5. The molecular formula is C10H14ClN3O2. The van der Waals surface area contributed by atoms with Crippen molar-refractivity contribution in [3.63, 3.8) is 0 Å². The summed E-state index contributed by atoms with van der Waals surface area (Å²) in [5, 5.41) is 13.9. The van der Waals surface area contributed by atoms with E-state index in [1.807, 2.05) is 13.8 Å². The van der Waals surface area contributed by atoms with Crippen LogP contribution in [-0.4, -0.2) is 17.0 Å². The van der Waals surface area contributed by atoms with Crippen LogP contribution >= 0.6 is 11.6 Å². The number of anilines is 1. The summed E-state index contributed by atoms with van der Waals surface area (Å²) in [6.45, 7) is 3.79. The van der Waals surface area contributed by atoms with Crippen molar-refractivity contribution >= 4 is 23.0 Å². The third-order valence-electron chi connectivity index (χ3n) is 2.34. The number of nitrogens with two attached hydrogens (primary N) is 1. The molecule has 16 heavy (non-hydrogen) atoms. The molecular weight excluding hydrogens is 230 g/mol. The molecule has 5 nitrogen and oxygen atoms in total. The zero-order valence-electron chi connectivity index (χ0n) is 9.11.